The zero-order valence-electron chi connectivity index (χ0n) is 8.88. The molecular formula is C12H9BrClFOS. The van der Waals surface area contributed by atoms with Gasteiger partial charge in [-0.1, -0.05) is 17.7 Å². The first-order valence-corrected chi connectivity index (χ1v) is 6.92. The van der Waals surface area contributed by atoms with Gasteiger partial charge in [-0.15, -0.1) is 11.3 Å². The van der Waals surface area contributed by atoms with Crippen LogP contribution in [0.5, 0.6) is 0 Å². The van der Waals surface area contributed by atoms with Gasteiger partial charge in [-0.05, 0) is 51.5 Å². The second kappa shape index (κ2) is 5.06. The Morgan fingerprint density at radius 2 is 2.18 bits per heavy atom. The molecule has 0 fully saturated rings. The van der Waals surface area contributed by atoms with Gasteiger partial charge in [0.25, 0.3) is 0 Å². The Hall–Kier alpha value is -0.420. The van der Waals surface area contributed by atoms with Crippen LogP contribution < -0.4 is 0 Å². The largest absolute Gasteiger partial charge is 0.383 e. The topological polar surface area (TPSA) is 20.2 Å². The molecule has 0 aliphatic rings. The van der Waals surface area contributed by atoms with E-state index >= 15 is 0 Å². The van der Waals surface area contributed by atoms with Gasteiger partial charge in [-0.3, -0.25) is 0 Å². The monoisotopic (exact) mass is 334 g/mol. The van der Waals surface area contributed by atoms with Gasteiger partial charge < -0.3 is 5.11 Å². The number of aryl methyl sites for hydroxylation is 1. The van der Waals surface area contributed by atoms with E-state index in [0.717, 1.165) is 5.56 Å². The maximum Gasteiger partial charge on any atom is 0.137 e. The molecule has 2 rings (SSSR count). The fourth-order valence-electron chi connectivity index (χ4n) is 1.47. The van der Waals surface area contributed by atoms with Crippen molar-refractivity contribution in [3.8, 4) is 0 Å². The molecule has 17 heavy (non-hydrogen) atoms. The highest BCUT2D eigenvalue weighted by atomic mass is 79.9. The molecule has 2 aromatic rings. The smallest absolute Gasteiger partial charge is 0.137 e. The lowest BCUT2D eigenvalue weighted by Gasteiger charge is -2.10. The van der Waals surface area contributed by atoms with Crippen LogP contribution >= 0.6 is 38.9 Å². The zero-order valence-corrected chi connectivity index (χ0v) is 12.0. The lowest BCUT2D eigenvalue weighted by Crippen LogP contribution is -1.98. The lowest BCUT2D eigenvalue weighted by molar-refractivity contribution is 0.224. The summed E-state index contributed by atoms with van der Waals surface area (Å²) in [6.07, 6.45) is -0.821. The van der Waals surface area contributed by atoms with E-state index in [9.17, 15) is 9.50 Å². The van der Waals surface area contributed by atoms with Crippen molar-refractivity contribution in [3.05, 3.63) is 54.9 Å². The van der Waals surface area contributed by atoms with Crippen molar-refractivity contribution >= 4 is 38.9 Å². The number of rotatable bonds is 2. The SMILES string of the molecule is Cc1csc(C(O)c2ccc(F)c(Br)c2)c1Cl. The minimum atomic E-state index is -0.821. The fourth-order valence-corrected chi connectivity index (χ4v) is 3.17. The van der Waals surface area contributed by atoms with E-state index in [1.54, 1.807) is 12.1 Å². The molecule has 0 radical (unpaired) electrons. The highest BCUT2D eigenvalue weighted by Gasteiger charge is 2.18. The number of aliphatic hydroxyl groups excluding tert-OH is 1. The van der Waals surface area contributed by atoms with Crippen LogP contribution in [0.25, 0.3) is 0 Å². The van der Waals surface area contributed by atoms with Crippen LogP contribution in [0, 0.1) is 12.7 Å². The molecule has 0 spiro atoms. The number of hydrogen-bond acceptors (Lipinski definition) is 2. The van der Waals surface area contributed by atoms with Crippen molar-refractivity contribution < 1.29 is 9.50 Å². The van der Waals surface area contributed by atoms with Gasteiger partial charge in [0, 0.05) is 0 Å². The molecule has 5 heteroatoms. The van der Waals surface area contributed by atoms with E-state index in [4.69, 9.17) is 11.6 Å². The van der Waals surface area contributed by atoms with E-state index < -0.39 is 6.10 Å². The van der Waals surface area contributed by atoms with E-state index in [1.165, 1.54) is 17.4 Å². The highest BCUT2D eigenvalue weighted by molar-refractivity contribution is 9.10. The number of thiophene rings is 1. The Bertz CT molecular complexity index is 555. The molecule has 0 saturated carbocycles. The highest BCUT2D eigenvalue weighted by Crippen LogP contribution is 2.36. The van der Waals surface area contributed by atoms with E-state index in [2.05, 4.69) is 15.9 Å². The fraction of sp³-hybridized carbons (Fsp3) is 0.167. The maximum absolute atomic E-state index is 13.1. The van der Waals surface area contributed by atoms with Crippen LogP contribution in [0.15, 0.2) is 28.1 Å². The third-order valence-electron chi connectivity index (χ3n) is 2.43. The molecule has 0 aliphatic carbocycles. The van der Waals surface area contributed by atoms with Crippen molar-refractivity contribution in [2.75, 3.05) is 0 Å². The summed E-state index contributed by atoms with van der Waals surface area (Å²) in [6.45, 7) is 1.88. The number of benzene rings is 1. The first kappa shape index (κ1) is 13.0. The quantitative estimate of drug-likeness (QED) is 0.844. The molecule has 1 atom stereocenters. The average molecular weight is 336 g/mol. The van der Waals surface area contributed by atoms with E-state index in [1.807, 2.05) is 12.3 Å². The number of hydrogen-bond donors (Lipinski definition) is 1. The molecule has 1 N–H and O–H groups in total. The maximum atomic E-state index is 13.1. The van der Waals surface area contributed by atoms with Gasteiger partial charge in [-0.25, -0.2) is 4.39 Å². The minimum absolute atomic E-state index is 0.332. The average Bonchev–Trinajstić information content (AvgIpc) is 2.63. The molecule has 0 amide bonds. The molecular weight excluding hydrogens is 327 g/mol. The first-order valence-electron chi connectivity index (χ1n) is 4.87. The van der Waals surface area contributed by atoms with Gasteiger partial charge in [0.2, 0.25) is 0 Å². The predicted octanol–water partition coefficient (Wildman–Crippen LogP) is 4.69. The minimum Gasteiger partial charge on any atom is -0.383 e. The second-order valence-electron chi connectivity index (χ2n) is 3.67. The summed E-state index contributed by atoms with van der Waals surface area (Å²) in [6, 6.07) is 4.43. The third kappa shape index (κ3) is 2.55. The standard InChI is InChI=1S/C12H9BrClFOS/c1-6-5-17-12(10(6)14)11(16)7-2-3-9(15)8(13)4-7/h2-5,11,16H,1H3. The van der Waals surface area contributed by atoms with Gasteiger partial charge in [0.05, 0.1) is 14.4 Å². The van der Waals surface area contributed by atoms with Gasteiger partial charge in [0.1, 0.15) is 11.9 Å². The number of halogens is 3. The van der Waals surface area contributed by atoms with Crippen LogP contribution in [0.1, 0.15) is 22.1 Å². The predicted molar refractivity (Wildman–Crippen MR) is 72.2 cm³/mol. The van der Waals surface area contributed by atoms with Crippen molar-refractivity contribution in [1.82, 2.24) is 0 Å². The first-order chi connectivity index (χ1) is 8.00. The molecule has 1 heterocycles. The summed E-state index contributed by atoms with van der Waals surface area (Å²) in [4.78, 5) is 0.683. The molecule has 1 aromatic carbocycles. The molecule has 1 nitrogen and oxygen atoms in total. The second-order valence-corrected chi connectivity index (χ2v) is 5.82. The van der Waals surface area contributed by atoms with Gasteiger partial charge >= 0.3 is 0 Å². The Kier molecular flexibility index (Phi) is 3.88. The summed E-state index contributed by atoms with van der Waals surface area (Å²) < 4.78 is 13.4. The van der Waals surface area contributed by atoms with Gasteiger partial charge in [0.15, 0.2) is 0 Å². The summed E-state index contributed by atoms with van der Waals surface area (Å²) in [7, 11) is 0. The lowest BCUT2D eigenvalue weighted by atomic mass is 10.1. The third-order valence-corrected chi connectivity index (χ3v) is 4.81. The van der Waals surface area contributed by atoms with Crippen molar-refractivity contribution in [2.24, 2.45) is 0 Å². The van der Waals surface area contributed by atoms with Crippen LogP contribution in [0.3, 0.4) is 0 Å². The summed E-state index contributed by atoms with van der Waals surface area (Å²) in [5, 5.41) is 12.6. The Morgan fingerprint density at radius 3 is 2.71 bits per heavy atom. The van der Waals surface area contributed by atoms with Crippen molar-refractivity contribution in [3.63, 3.8) is 0 Å². The summed E-state index contributed by atoms with van der Waals surface area (Å²) >= 11 is 10.6. The Balaban J connectivity index is 2.40. The van der Waals surface area contributed by atoms with Crippen LogP contribution in [0.2, 0.25) is 5.02 Å². The Labute approximate surface area is 116 Å². The molecule has 0 bridgehead atoms. The van der Waals surface area contributed by atoms with Crippen LogP contribution in [-0.4, -0.2) is 5.11 Å². The van der Waals surface area contributed by atoms with Crippen LogP contribution in [0.4, 0.5) is 4.39 Å². The summed E-state index contributed by atoms with van der Waals surface area (Å²) in [5.74, 6) is -0.352. The van der Waals surface area contributed by atoms with Crippen molar-refractivity contribution in [1.29, 1.82) is 0 Å². The normalized spacial score (nSPS) is 12.8. The van der Waals surface area contributed by atoms with E-state index in [0.29, 0.717) is 19.9 Å². The molecule has 1 aromatic heterocycles. The zero-order chi connectivity index (χ0) is 12.6. The molecule has 1 unspecified atom stereocenters. The van der Waals surface area contributed by atoms with Crippen LogP contribution in [-0.2, 0) is 0 Å². The summed E-state index contributed by atoms with van der Waals surface area (Å²) in [5.41, 5.74) is 1.55. The molecule has 90 valence electrons. The molecule has 0 aliphatic heterocycles. The van der Waals surface area contributed by atoms with Crippen molar-refractivity contribution in [2.45, 2.75) is 13.0 Å². The van der Waals surface area contributed by atoms with E-state index in [-0.39, 0.29) is 5.82 Å². The van der Waals surface area contributed by atoms with Gasteiger partial charge in [-0.2, -0.15) is 0 Å². The molecule has 0 saturated heterocycles. The Morgan fingerprint density at radius 1 is 1.47 bits per heavy atom. The number of aliphatic hydroxyl groups is 1.